The van der Waals surface area contributed by atoms with Gasteiger partial charge in [-0.3, -0.25) is 9.59 Å². The Kier molecular flexibility index (Phi) is 5.39. The zero-order valence-corrected chi connectivity index (χ0v) is 15.9. The summed E-state index contributed by atoms with van der Waals surface area (Å²) in [6.07, 6.45) is 0.0958. The molecule has 3 rings (SSSR count). The number of anilines is 2. The average molecular weight is 387 g/mol. The minimum absolute atomic E-state index is 0.0958. The lowest BCUT2D eigenvalue weighted by atomic mass is 10.1. The SMILES string of the molecule is CN(C)C(=O)c1ccc2c(c1)N(C)C(CC(=O)Nc1ccc(F)cc1O)CO2. The van der Waals surface area contributed by atoms with E-state index in [2.05, 4.69) is 5.32 Å². The Morgan fingerprint density at radius 3 is 2.71 bits per heavy atom. The summed E-state index contributed by atoms with van der Waals surface area (Å²) in [7, 11) is 5.19. The molecule has 0 aliphatic carbocycles. The number of phenols is 1. The summed E-state index contributed by atoms with van der Waals surface area (Å²) in [5, 5.41) is 12.3. The Labute approximate surface area is 162 Å². The largest absolute Gasteiger partial charge is 0.506 e. The number of halogens is 1. The summed E-state index contributed by atoms with van der Waals surface area (Å²) >= 11 is 0. The van der Waals surface area contributed by atoms with Gasteiger partial charge in [0.1, 0.15) is 23.9 Å². The van der Waals surface area contributed by atoms with Crippen LogP contribution in [0.1, 0.15) is 16.8 Å². The first kappa shape index (κ1) is 19.5. The fourth-order valence-corrected chi connectivity index (χ4v) is 3.02. The van der Waals surface area contributed by atoms with E-state index in [1.54, 1.807) is 32.3 Å². The van der Waals surface area contributed by atoms with E-state index in [4.69, 9.17) is 4.74 Å². The Bertz CT molecular complexity index is 916. The van der Waals surface area contributed by atoms with E-state index < -0.39 is 5.82 Å². The van der Waals surface area contributed by atoms with E-state index >= 15 is 0 Å². The fraction of sp³-hybridized carbons (Fsp3) is 0.300. The highest BCUT2D eigenvalue weighted by Gasteiger charge is 2.28. The highest BCUT2D eigenvalue weighted by atomic mass is 19.1. The van der Waals surface area contributed by atoms with Gasteiger partial charge in [-0.2, -0.15) is 0 Å². The maximum Gasteiger partial charge on any atom is 0.253 e. The van der Waals surface area contributed by atoms with Gasteiger partial charge in [0.2, 0.25) is 5.91 Å². The van der Waals surface area contributed by atoms with Gasteiger partial charge in [0.05, 0.1) is 23.8 Å². The van der Waals surface area contributed by atoms with Crippen molar-refractivity contribution in [2.75, 3.05) is 38.0 Å². The van der Waals surface area contributed by atoms with Crippen LogP contribution in [-0.2, 0) is 4.79 Å². The smallest absolute Gasteiger partial charge is 0.253 e. The fourth-order valence-electron chi connectivity index (χ4n) is 3.02. The third kappa shape index (κ3) is 4.00. The Hall–Kier alpha value is -3.29. The maximum atomic E-state index is 13.1. The molecule has 1 aliphatic heterocycles. The van der Waals surface area contributed by atoms with Crippen molar-refractivity contribution < 1.29 is 23.8 Å². The average Bonchev–Trinajstić information content (AvgIpc) is 2.65. The highest BCUT2D eigenvalue weighted by molar-refractivity contribution is 5.96. The minimum atomic E-state index is -0.587. The summed E-state index contributed by atoms with van der Waals surface area (Å²) in [5.74, 6) is -0.741. The van der Waals surface area contributed by atoms with E-state index in [1.165, 1.54) is 11.0 Å². The van der Waals surface area contributed by atoms with E-state index in [-0.39, 0.29) is 35.7 Å². The van der Waals surface area contributed by atoms with Gasteiger partial charge in [0.25, 0.3) is 5.91 Å². The molecule has 2 aromatic rings. The molecule has 0 saturated carbocycles. The molecule has 148 valence electrons. The van der Waals surface area contributed by atoms with Crippen molar-refractivity contribution in [2.24, 2.45) is 0 Å². The van der Waals surface area contributed by atoms with Crippen LogP contribution in [0.4, 0.5) is 15.8 Å². The minimum Gasteiger partial charge on any atom is -0.506 e. The second-order valence-corrected chi connectivity index (χ2v) is 6.87. The van der Waals surface area contributed by atoms with Crippen molar-refractivity contribution in [2.45, 2.75) is 12.5 Å². The first-order valence-electron chi connectivity index (χ1n) is 8.76. The number of nitrogens with zero attached hydrogens (tertiary/aromatic N) is 2. The molecular formula is C20H22FN3O4. The zero-order valence-electron chi connectivity index (χ0n) is 15.9. The predicted molar refractivity (Wildman–Crippen MR) is 103 cm³/mol. The molecule has 1 aliphatic rings. The molecular weight excluding hydrogens is 365 g/mol. The molecule has 28 heavy (non-hydrogen) atoms. The van der Waals surface area contributed by atoms with Crippen LogP contribution in [0.3, 0.4) is 0 Å². The number of rotatable bonds is 4. The molecule has 0 bridgehead atoms. The van der Waals surface area contributed by atoms with Crippen molar-refractivity contribution in [3.63, 3.8) is 0 Å². The number of hydrogen-bond donors (Lipinski definition) is 2. The third-order valence-electron chi connectivity index (χ3n) is 4.63. The van der Waals surface area contributed by atoms with E-state index in [0.29, 0.717) is 17.9 Å². The van der Waals surface area contributed by atoms with Crippen molar-refractivity contribution in [1.82, 2.24) is 4.90 Å². The van der Waals surface area contributed by atoms with Gasteiger partial charge >= 0.3 is 0 Å². The molecule has 0 spiro atoms. The molecule has 0 fully saturated rings. The summed E-state index contributed by atoms with van der Waals surface area (Å²) in [6.45, 7) is 0.299. The lowest BCUT2D eigenvalue weighted by molar-refractivity contribution is -0.116. The van der Waals surface area contributed by atoms with Crippen LogP contribution in [0, 0.1) is 5.82 Å². The number of phenolic OH excluding ortho intramolecular Hbond substituents is 1. The van der Waals surface area contributed by atoms with Crippen LogP contribution in [-0.4, -0.2) is 55.6 Å². The van der Waals surface area contributed by atoms with Crippen molar-refractivity contribution in [3.8, 4) is 11.5 Å². The Morgan fingerprint density at radius 1 is 1.29 bits per heavy atom. The molecule has 0 radical (unpaired) electrons. The first-order valence-corrected chi connectivity index (χ1v) is 8.76. The second-order valence-electron chi connectivity index (χ2n) is 6.87. The standard InChI is InChI=1S/C20H22FN3O4/c1-23(2)20(27)12-4-7-18-16(8-12)24(3)14(11-28-18)10-19(26)22-15-6-5-13(21)9-17(15)25/h4-9,14,25H,10-11H2,1-3H3,(H,22,26). The van der Waals surface area contributed by atoms with Crippen molar-refractivity contribution in [1.29, 1.82) is 0 Å². The molecule has 1 atom stereocenters. The van der Waals surface area contributed by atoms with Gasteiger partial charge in [-0.25, -0.2) is 4.39 Å². The zero-order chi connectivity index (χ0) is 20.4. The van der Waals surface area contributed by atoms with Gasteiger partial charge in [-0.05, 0) is 30.3 Å². The molecule has 8 heteroatoms. The molecule has 2 aromatic carbocycles. The van der Waals surface area contributed by atoms with Crippen LogP contribution in [0.2, 0.25) is 0 Å². The summed E-state index contributed by atoms with van der Waals surface area (Å²) < 4.78 is 18.8. The van der Waals surface area contributed by atoms with Gasteiger partial charge in [0, 0.05) is 32.8 Å². The van der Waals surface area contributed by atoms with Crippen molar-refractivity contribution in [3.05, 3.63) is 47.8 Å². The topological polar surface area (TPSA) is 82.1 Å². The number of carbonyl (C=O) groups excluding carboxylic acids is 2. The lowest BCUT2D eigenvalue weighted by Crippen LogP contribution is -2.42. The third-order valence-corrected chi connectivity index (χ3v) is 4.63. The summed E-state index contributed by atoms with van der Waals surface area (Å²) in [5.41, 5.74) is 1.40. The van der Waals surface area contributed by atoms with Gasteiger partial charge in [0.15, 0.2) is 0 Å². The molecule has 7 nitrogen and oxygen atoms in total. The van der Waals surface area contributed by atoms with E-state index in [1.807, 2.05) is 11.9 Å². The highest BCUT2D eigenvalue weighted by Crippen LogP contribution is 2.35. The van der Waals surface area contributed by atoms with Gasteiger partial charge < -0.3 is 25.0 Å². The predicted octanol–water partition coefficient (Wildman–Crippen LogP) is 2.46. The summed E-state index contributed by atoms with van der Waals surface area (Å²) in [4.78, 5) is 28.0. The van der Waals surface area contributed by atoms with Gasteiger partial charge in [-0.1, -0.05) is 0 Å². The number of benzene rings is 2. The van der Waals surface area contributed by atoms with Crippen LogP contribution >= 0.6 is 0 Å². The molecule has 0 saturated heterocycles. The van der Waals surface area contributed by atoms with E-state index in [9.17, 15) is 19.1 Å². The van der Waals surface area contributed by atoms with Gasteiger partial charge in [-0.15, -0.1) is 0 Å². The van der Waals surface area contributed by atoms with Crippen molar-refractivity contribution >= 4 is 23.2 Å². The maximum absolute atomic E-state index is 13.1. The normalized spacial score (nSPS) is 15.4. The monoisotopic (exact) mass is 387 g/mol. The number of amides is 2. The molecule has 2 amide bonds. The molecule has 1 unspecified atom stereocenters. The van der Waals surface area contributed by atoms with Crippen LogP contribution in [0.25, 0.3) is 0 Å². The quantitative estimate of drug-likeness (QED) is 0.788. The first-order chi connectivity index (χ1) is 13.3. The number of fused-ring (bicyclic) bond motifs is 1. The van der Waals surface area contributed by atoms with Crippen LogP contribution < -0.4 is 15.0 Å². The second kappa shape index (κ2) is 7.75. The van der Waals surface area contributed by atoms with E-state index in [0.717, 1.165) is 17.8 Å². The van der Waals surface area contributed by atoms with Crippen LogP contribution in [0.15, 0.2) is 36.4 Å². The Balaban J connectivity index is 1.72. The number of carbonyl (C=O) groups is 2. The molecule has 1 heterocycles. The number of nitrogens with one attached hydrogen (secondary N) is 1. The molecule has 2 N–H and O–H groups in total. The molecule has 0 aromatic heterocycles. The summed E-state index contributed by atoms with van der Waals surface area (Å²) in [6, 6.07) is 8.33. The number of ether oxygens (including phenoxy) is 1. The lowest BCUT2D eigenvalue weighted by Gasteiger charge is -2.35. The number of likely N-dealkylation sites (N-methyl/N-ethyl adjacent to an activating group) is 1. The van der Waals surface area contributed by atoms with Crippen LogP contribution in [0.5, 0.6) is 11.5 Å². The number of aromatic hydroxyl groups is 1. The number of hydrogen-bond acceptors (Lipinski definition) is 5. The Morgan fingerprint density at radius 2 is 2.04 bits per heavy atom.